The van der Waals surface area contributed by atoms with Gasteiger partial charge in [0, 0.05) is 17.1 Å². The van der Waals surface area contributed by atoms with Crippen LogP contribution in [0.2, 0.25) is 0 Å². The van der Waals surface area contributed by atoms with E-state index in [1.165, 1.54) is 162 Å². The third kappa shape index (κ3) is 8.49. The molecule has 9 aromatic carbocycles. The third-order valence-electron chi connectivity index (χ3n) is 18.2. The number of fused-ring (bicyclic) bond motifs is 2. The molecule has 0 atom stereocenters. The fourth-order valence-electron chi connectivity index (χ4n) is 12.9. The van der Waals surface area contributed by atoms with Crippen molar-refractivity contribution in [3.8, 4) is 0 Å². The first kappa shape index (κ1) is 52.8. The maximum Gasteiger partial charge on any atom is 0.0744 e. The van der Waals surface area contributed by atoms with Gasteiger partial charge in [-0.3, -0.25) is 0 Å². The minimum Gasteiger partial charge on any atom is -0.310 e. The largest absolute Gasteiger partial charge is 0.310 e. The van der Waals surface area contributed by atoms with Crippen molar-refractivity contribution in [2.75, 3.05) is 14.7 Å². The number of hydrogen-bond acceptors (Lipinski definition) is 3. The number of nitrogens with zero attached hydrogens (tertiary/aromatic N) is 3. The van der Waals surface area contributed by atoms with Crippen molar-refractivity contribution in [3.05, 3.63) is 261 Å². The highest BCUT2D eigenvalue weighted by Crippen LogP contribution is 2.60. The second kappa shape index (κ2) is 19.7. The van der Waals surface area contributed by atoms with Gasteiger partial charge in [0.25, 0.3) is 0 Å². The van der Waals surface area contributed by atoms with Crippen molar-refractivity contribution in [2.45, 2.75) is 137 Å². The van der Waals surface area contributed by atoms with Gasteiger partial charge in [-0.15, -0.1) is 0 Å². The second-order valence-electron chi connectivity index (χ2n) is 23.2. The molecule has 77 heavy (non-hydrogen) atoms. The summed E-state index contributed by atoms with van der Waals surface area (Å²) in [6.45, 7) is 43.4. The molecule has 0 saturated heterocycles. The zero-order chi connectivity index (χ0) is 55.3. The molecule has 3 nitrogen and oxygen atoms in total. The summed E-state index contributed by atoms with van der Waals surface area (Å²) in [6.07, 6.45) is 0. The van der Waals surface area contributed by atoms with Crippen molar-refractivity contribution in [3.63, 3.8) is 0 Å². The Kier molecular flexibility index (Phi) is 13.5. The molecule has 9 aromatic rings. The average Bonchev–Trinajstić information content (AvgIpc) is 3.43. The van der Waals surface area contributed by atoms with Crippen LogP contribution >= 0.6 is 0 Å². The molecule has 0 N–H and O–H groups in total. The summed E-state index contributed by atoms with van der Waals surface area (Å²) >= 11 is 0. The molecular weight excluding hydrogens is 931 g/mol. The molecule has 3 heteroatoms. The van der Waals surface area contributed by atoms with Crippen LogP contribution < -0.4 is 14.7 Å². The predicted molar refractivity (Wildman–Crippen MR) is 332 cm³/mol. The van der Waals surface area contributed by atoms with Gasteiger partial charge in [0.2, 0.25) is 0 Å². The first-order chi connectivity index (χ1) is 36.6. The highest BCUT2D eigenvalue weighted by atomic mass is 15.2. The summed E-state index contributed by atoms with van der Waals surface area (Å²) in [5.41, 5.74) is 39.2. The summed E-state index contributed by atoms with van der Waals surface area (Å²) in [6, 6.07) is 52.2. The fraction of sp³-hybridized carbons (Fsp3) is 0.270. The van der Waals surface area contributed by atoms with Gasteiger partial charge in [0.05, 0.1) is 39.5 Å². The second-order valence-corrected chi connectivity index (χ2v) is 23.2. The fourth-order valence-corrected chi connectivity index (χ4v) is 12.9. The van der Waals surface area contributed by atoms with E-state index in [0.29, 0.717) is 0 Å². The minimum absolute atomic E-state index is 0.814. The lowest BCUT2D eigenvalue weighted by Crippen LogP contribution is -2.38. The zero-order valence-corrected chi connectivity index (χ0v) is 49.5. The molecule has 0 fully saturated rings. The molecule has 0 unspecified atom stereocenters. The van der Waals surface area contributed by atoms with E-state index < -0.39 is 5.41 Å². The number of rotatable bonds is 9. The van der Waals surface area contributed by atoms with E-state index in [9.17, 15) is 0 Å². The Morgan fingerprint density at radius 2 is 0.571 bits per heavy atom. The van der Waals surface area contributed by atoms with Gasteiger partial charge in [0.1, 0.15) is 0 Å². The van der Waals surface area contributed by atoms with Crippen LogP contribution in [0.1, 0.15) is 128 Å². The number of anilines is 9. The van der Waals surface area contributed by atoms with Crippen LogP contribution in [0.15, 0.2) is 133 Å². The quantitative estimate of drug-likeness (QED) is 0.143. The third-order valence-corrected chi connectivity index (χ3v) is 18.2. The maximum atomic E-state index is 2.62. The standard InChI is InChI=1S/C74H79N3/c1-42-26-30-63(31-27-42)75-68-32-28-43(2)34-66(68)74(67-35-44(3)29-33-69(67)75,61-22-20-24-64(40-61)76(70-53(12)45(4)36-46(5)54(70)13)71-55(14)47(6)37-48(7)56(71)15)62-23-21-25-65(41-62)77(72-57(16)49(8)38-50(9)58(72)17)73-59(18)51(10)39-52(11)60(73)19/h20-41H,1-19H3. The van der Waals surface area contributed by atoms with Crippen LogP contribution in [0.3, 0.4) is 0 Å². The molecule has 1 heterocycles. The van der Waals surface area contributed by atoms with E-state index in [2.05, 4.69) is 280 Å². The van der Waals surface area contributed by atoms with E-state index in [1.807, 2.05) is 0 Å². The van der Waals surface area contributed by atoms with Crippen LogP contribution in [-0.2, 0) is 5.41 Å². The van der Waals surface area contributed by atoms with Crippen LogP contribution in [0.4, 0.5) is 51.2 Å². The van der Waals surface area contributed by atoms with Gasteiger partial charge < -0.3 is 14.7 Å². The Morgan fingerprint density at radius 1 is 0.286 bits per heavy atom. The van der Waals surface area contributed by atoms with Gasteiger partial charge in [-0.25, -0.2) is 0 Å². The topological polar surface area (TPSA) is 9.72 Å². The Hall–Kier alpha value is -7.62. The van der Waals surface area contributed by atoms with Crippen LogP contribution in [0.5, 0.6) is 0 Å². The summed E-state index contributed by atoms with van der Waals surface area (Å²) < 4.78 is 0. The first-order valence-corrected chi connectivity index (χ1v) is 27.8. The normalized spacial score (nSPS) is 12.7. The van der Waals surface area contributed by atoms with E-state index >= 15 is 0 Å². The summed E-state index contributed by atoms with van der Waals surface area (Å²) in [4.78, 5) is 7.76. The van der Waals surface area contributed by atoms with E-state index in [4.69, 9.17) is 0 Å². The highest BCUT2D eigenvalue weighted by molar-refractivity contribution is 5.93. The van der Waals surface area contributed by atoms with E-state index in [-0.39, 0.29) is 0 Å². The monoisotopic (exact) mass is 1010 g/mol. The molecule has 1 aliphatic rings. The molecule has 0 amide bonds. The zero-order valence-electron chi connectivity index (χ0n) is 49.5. The van der Waals surface area contributed by atoms with Crippen molar-refractivity contribution >= 4 is 51.2 Å². The van der Waals surface area contributed by atoms with Crippen molar-refractivity contribution in [1.82, 2.24) is 0 Å². The van der Waals surface area contributed by atoms with Crippen LogP contribution in [-0.4, -0.2) is 0 Å². The van der Waals surface area contributed by atoms with Gasteiger partial charge in [0.15, 0.2) is 0 Å². The lowest BCUT2D eigenvalue weighted by molar-refractivity contribution is 0.729. The van der Waals surface area contributed by atoms with Crippen molar-refractivity contribution < 1.29 is 0 Å². The molecule has 0 spiro atoms. The lowest BCUT2D eigenvalue weighted by Gasteiger charge is -2.47. The lowest BCUT2D eigenvalue weighted by atomic mass is 9.62. The smallest absolute Gasteiger partial charge is 0.0744 e. The molecule has 0 aliphatic carbocycles. The van der Waals surface area contributed by atoms with Gasteiger partial charge in [-0.05, 0) is 291 Å². The number of benzene rings is 9. The van der Waals surface area contributed by atoms with E-state index in [1.54, 1.807) is 0 Å². The Morgan fingerprint density at radius 3 is 0.870 bits per heavy atom. The van der Waals surface area contributed by atoms with Gasteiger partial charge in [-0.1, -0.05) is 102 Å². The number of hydrogen-bond donors (Lipinski definition) is 0. The van der Waals surface area contributed by atoms with Crippen molar-refractivity contribution in [1.29, 1.82) is 0 Å². The Labute approximate surface area is 461 Å². The van der Waals surface area contributed by atoms with Gasteiger partial charge >= 0.3 is 0 Å². The highest BCUT2D eigenvalue weighted by Gasteiger charge is 2.47. The predicted octanol–water partition coefficient (Wildman–Crippen LogP) is 20.7. The summed E-state index contributed by atoms with van der Waals surface area (Å²) in [7, 11) is 0. The average molecular weight is 1010 g/mol. The maximum absolute atomic E-state index is 2.62. The number of aryl methyl sites for hydroxylation is 11. The van der Waals surface area contributed by atoms with Gasteiger partial charge in [-0.2, -0.15) is 0 Å². The molecular formula is C74H79N3. The molecule has 10 rings (SSSR count). The molecule has 0 bridgehead atoms. The summed E-state index contributed by atoms with van der Waals surface area (Å²) in [5, 5.41) is 0. The molecule has 0 saturated carbocycles. The minimum atomic E-state index is -0.814. The van der Waals surface area contributed by atoms with Crippen LogP contribution in [0, 0.1) is 132 Å². The summed E-state index contributed by atoms with van der Waals surface area (Å²) in [5.74, 6) is 0. The molecule has 1 aliphatic heterocycles. The van der Waals surface area contributed by atoms with Crippen LogP contribution in [0.25, 0.3) is 0 Å². The first-order valence-electron chi connectivity index (χ1n) is 27.8. The Balaban J connectivity index is 1.39. The van der Waals surface area contributed by atoms with Crippen molar-refractivity contribution in [2.24, 2.45) is 0 Å². The molecule has 0 radical (unpaired) electrons. The SMILES string of the molecule is Cc1ccc(N2c3ccc(C)cc3C(c3cccc(N(c4c(C)c(C)cc(C)c4C)c4c(C)c(C)cc(C)c4C)c3)(c3cccc(N(c4c(C)c(C)cc(C)c4C)c4c(C)c(C)cc(C)c4C)c3)c3cc(C)ccc32)cc1. The molecule has 390 valence electrons. The molecule has 0 aromatic heterocycles. The van der Waals surface area contributed by atoms with E-state index in [0.717, 1.165) is 17.1 Å². The Bertz CT molecular complexity index is 3400.